The minimum absolute atomic E-state index is 0.0888. The van der Waals surface area contributed by atoms with E-state index in [-0.39, 0.29) is 23.8 Å². The van der Waals surface area contributed by atoms with Gasteiger partial charge in [0.1, 0.15) is 0 Å². The number of piperazine rings is 1. The third-order valence-corrected chi connectivity index (χ3v) is 6.59. The van der Waals surface area contributed by atoms with E-state index in [1.54, 1.807) is 12.1 Å². The molecule has 1 aliphatic heterocycles. The van der Waals surface area contributed by atoms with Gasteiger partial charge in [0, 0.05) is 50.2 Å². The van der Waals surface area contributed by atoms with Crippen LogP contribution in [0.2, 0.25) is 0 Å². The lowest BCUT2D eigenvalue weighted by molar-refractivity contribution is -0.120. The fourth-order valence-corrected chi connectivity index (χ4v) is 4.14. The molecule has 1 heterocycles. The van der Waals surface area contributed by atoms with Crippen LogP contribution in [-0.4, -0.2) is 77.0 Å². The number of unbranched alkanes of at least 4 members (excludes halogenated alkanes) is 1. The fraction of sp³-hybridized carbons (Fsp3) is 0.611. The van der Waals surface area contributed by atoms with E-state index in [1.807, 2.05) is 0 Å². The molecule has 2 N–H and O–H groups in total. The van der Waals surface area contributed by atoms with Gasteiger partial charge in [-0.1, -0.05) is 15.9 Å². The molecule has 7 nitrogen and oxygen atoms in total. The van der Waals surface area contributed by atoms with E-state index in [9.17, 15) is 13.2 Å². The number of hydrogen-bond donors (Lipinski definition) is 2. The van der Waals surface area contributed by atoms with Gasteiger partial charge in [-0.3, -0.25) is 4.79 Å². The highest BCUT2D eigenvalue weighted by molar-refractivity contribution is 9.10. The van der Waals surface area contributed by atoms with E-state index < -0.39 is 10.0 Å². The van der Waals surface area contributed by atoms with Crippen molar-refractivity contribution < 1.29 is 13.2 Å². The van der Waals surface area contributed by atoms with Gasteiger partial charge >= 0.3 is 0 Å². The zero-order chi connectivity index (χ0) is 19.7. The number of nitrogens with one attached hydrogen (secondary N) is 2. The topological polar surface area (TPSA) is 81.8 Å². The third-order valence-electron chi connectivity index (χ3n) is 4.59. The number of amides is 1. The molecule has 0 atom stereocenters. The van der Waals surface area contributed by atoms with Gasteiger partial charge in [-0.15, -0.1) is 0 Å². The van der Waals surface area contributed by atoms with Crippen molar-refractivity contribution in [3.63, 3.8) is 0 Å². The van der Waals surface area contributed by atoms with Crippen LogP contribution in [0.25, 0.3) is 0 Å². The lowest BCUT2D eigenvalue weighted by Crippen LogP contribution is -2.44. The van der Waals surface area contributed by atoms with Crippen molar-refractivity contribution in [3.8, 4) is 0 Å². The standard InChI is InChI=1S/C18H29BrN4O3S/c1-22-12-14-23(15-13-22)11-3-2-9-20-18(24)8-10-21-27(25,26)17-6-4-16(19)5-7-17/h4-7,21H,2-3,8-15H2,1H3,(H,20,24). The predicted octanol–water partition coefficient (Wildman–Crippen LogP) is 1.26. The lowest BCUT2D eigenvalue weighted by Gasteiger charge is -2.32. The maximum atomic E-state index is 12.1. The summed E-state index contributed by atoms with van der Waals surface area (Å²) in [5.74, 6) is -0.131. The summed E-state index contributed by atoms with van der Waals surface area (Å²) in [4.78, 5) is 16.8. The van der Waals surface area contributed by atoms with Crippen LogP contribution in [0, 0.1) is 0 Å². The molecule has 27 heavy (non-hydrogen) atoms. The van der Waals surface area contributed by atoms with Crippen molar-refractivity contribution in [2.24, 2.45) is 0 Å². The van der Waals surface area contributed by atoms with Gasteiger partial charge in [0.25, 0.3) is 0 Å². The maximum Gasteiger partial charge on any atom is 0.240 e. The van der Waals surface area contributed by atoms with Gasteiger partial charge < -0.3 is 15.1 Å². The molecule has 0 aromatic heterocycles. The quantitative estimate of drug-likeness (QED) is 0.513. The fourth-order valence-electron chi connectivity index (χ4n) is 2.84. The normalized spacial score (nSPS) is 16.4. The SMILES string of the molecule is CN1CCN(CCCCNC(=O)CCNS(=O)(=O)c2ccc(Br)cc2)CC1. The lowest BCUT2D eigenvalue weighted by atomic mass is 10.2. The summed E-state index contributed by atoms with van der Waals surface area (Å²) in [5, 5.41) is 2.85. The average molecular weight is 461 g/mol. The number of carbonyl (C=O) groups excluding carboxylic acids is 1. The molecule has 0 unspecified atom stereocenters. The van der Waals surface area contributed by atoms with E-state index in [0.717, 1.165) is 50.0 Å². The van der Waals surface area contributed by atoms with Gasteiger partial charge in [0.15, 0.2) is 0 Å². The number of likely N-dealkylation sites (N-methyl/N-ethyl adjacent to an activating group) is 1. The van der Waals surface area contributed by atoms with Crippen LogP contribution in [0.3, 0.4) is 0 Å². The molecule has 1 amide bonds. The molecule has 1 aromatic carbocycles. The van der Waals surface area contributed by atoms with E-state index in [1.165, 1.54) is 12.1 Å². The van der Waals surface area contributed by atoms with Crippen molar-refractivity contribution in [1.82, 2.24) is 19.8 Å². The highest BCUT2D eigenvalue weighted by Crippen LogP contribution is 2.14. The summed E-state index contributed by atoms with van der Waals surface area (Å²) >= 11 is 3.27. The Hall–Kier alpha value is -1.00. The molecule has 1 fully saturated rings. The van der Waals surface area contributed by atoms with Crippen LogP contribution in [0.5, 0.6) is 0 Å². The molecule has 1 saturated heterocycles. The monoisotopic (exact) mass is 460 g/mol. The van der Waals surface area contributed by atoms with Crippen LogP contribution < -0.4 is 10.0 Å². The number of rotatable bonds is 10. The average Bonchev–Trinajstić information content (AvgIpc) is 2.63. The van der Waals surface area contributed by atoms with E-state index in [4.69, 9.17) is 0 Å². The Kier molecular flexibility index (Phi) is 9.17. The first-order chi connectivity index (χ1) is 12.9. The summed E-state index contributed by atoms with van der Waals surface area (Å²) < 4.78 is 27.5. The van der Waals surface area contributed by atoms with Crippen LogP contribution in [-0.2, 0) is 14.8 Å². The number of halogens is 1. The highest BCUT2D eigenvalue weighted by Gasteiger charge is 2.14. The third kappa shape index (κ3) is 8.27. The van der Waals surface area contributed by atoms with Crippen molar-refractivity contribution in [1.29, 1.82) is 0 Å². The Morgan fingerprint density at radius 2 is 1.74 bits per heavy atom. The summed E-state index contributed by atoms with van der Waals surface area (Å²) in [7, 11) is -1.43. The first-order valence-corrected chi connectivity index (χ1v) is 11.6. The smallest absolute Gasteiger partial charge is 0.240 e. The van der Waals surface area contributed by atoms with Crippen LogP contribution in [0.15, 0.2) is 33.6 Å². The Morgan fingerprint density at radius 3 is 2.41 bits per heavy atom. The Labute approximate surface area is 170 Å². The molecule has 0 saturated carbocycles. The minimum Gasteiger partial charge on any atom is -0.356 e. The molecular weight excluding hydrogens is 432 g/mol. The first-order valence-electron chi connectivity index (χ1n) is 9.30. The first kappa shape index (κ1) is 22.3. The Bertz CT molecular complexity index is 689. The van der Waals surface area contributed by atoms with Crippen LogP contribution in [0.4, 0.5) is 0 Å². The highest BCUT2D eigenvalue weighted by atomic mass is 79.9. The van der Waals surface area contributed by atoms with Crippen molar-refractivity contribution >= 4 is 31.9 Å². The molecule has 1 aromatic rings. The molecule has 0 spiro atoms. The number of benzene rings is 1. The largest absolute Gasteiger partial charge is 0.356 e. The molecule has 0 aliphatic carbocycles. The second-order valence-electron chi connectivity index (χ2n) is 6.80. The van der Waals surface area contributed by atoms with E-state index in [0.29, 0.717) is 6.54 Å². The van der Waals surface area contributed by atoms with Crippen LogP contribution in [0.1, 0.15) is 19.3 Å². The zero-order valence-corrected chi connectivity index (χ0v) is 18.2. The molecule has 1 aliphatic rings. The van der Waals surface area contributed by atoms with Crippen molar-refractivity contribution in [3.05, 3.63) is 28.7 Å². The number of sulfonamides is 1. The second kappa shape index (κ2) is 11.1. The van der Waals surface area contributed by atoms with Gasteiger partial charge in [-0.2, -0.15) is 0 Å². The molecule has 0 radical (unpaired) electrons. The van der Waals surface area contributed by atoms with Gasteiger partial charge in [0.05, 0.1) is 4.90 Å². The molecule has 9 heteroatoms. The number of nitrogens with zero attached hydrogens (tertiary/aromatic N) is 2. The van der Waals surface area contributed by atoms with Gasteiger partial charge in [-0.05, 0) is 50.7 Å². The Balaban J connectivity index is 1.55. The van der Waals surface area contributed by atoms with Crippen molar-refractivity contribution in [2.45, 2.75) is 24.2 Å². The maximum absolute atomic E-state index is 12.1. The second-order valence-corrected chi connectivity index (χ2v) is 9.49. The van der Waals surface area contributed by atoms with Crippen LogP contribution >= 0.6 is 15.9 Å². The summed E-state index contributed by atoms with van der Waals surface area (Å²) in [6.07, 6.45) is 2.12. The van der Waals surface area contributed by atoms with E-state index >= 15 is 0 Å². The summed E-state index contributed by atoms with van der Waals surface area (Å²) in [6.45, 7) is 6.25. The summed E-state index contributed by atoms with van der Waals surface area (Å²) in [5.41, 5.74) is 0. The number of hydrogen-bond acceptors (Lipinski definition) is 5. The van der Waals surface area contributed by atoms with Gasteiger partial charge in [-0.25, -0.2) is 13.1 Å². The molecule has 152 valence electrons. The molecule has 2 rings (SSSR count). The minimum atomic E-state index is -3.58. The summed E-state index contributed by atoms with van der Waals surface area (Å²) in [6, 6.07) is 6.38. The molecular formula is C18H29BrN4O3S. The van der Waals surface area contributed by atoms with Crippen molar-refractivity contribution in [2.75, 3.05) is 52.9 Å². The zero-order valence-electron chi connectivity index (χ0n) is 15.8. The van der Waals surface area contributed by atoms with Gasteiger partial charge in [0.2, 0.25) is 15.9 Å². The number of carbonyl (C=O) groups is 1. The Morgan fingerprint density at radius 1 is 1.07 bits per heavy atom. The predicted molar refractivity (Wildman–Crippen MR) is 110 cm³/mol. The van der Waals surface area contributed by atoms with E-state index in [2.05, 4.69) is 42.8 Å². The molecule has 0 bridgehead atoms.